The quantitative estimate of drug-likeness (QED) is 0.645. The Labute approximate surface area is 152 Å². The SMILES string of the molecule is O=C(NCc1ccc(-c2ccc(Cl)cc2)o1)c1ccccc1C(F)(F)F. The van der Waals surface area contributed by atoms with E-state index in [4.69, 9.17) is 16.0 Å². The van der Waals surface area contributed by atoms with Gasteiger partial charge in [-0.05, 0) is 48.5 Å². The summed E-state index contributed by atoms with van der Waals surface area (Å²) in [4.78, 5) is 12.1. The van der Waals surface area contributed by atoms with Crippen LogP contribution in [0.15, 0.2) is 65.1 Å². The standard InChI is InChI=1S/C19H13ClF3NO2/c20-13-7-5-12(6-8-13)17-10-9-14(26-17)11-24-18(25)15-3-1-2-4-16(15)19(21,22)23/h1-10H,11H2,(H,24,25). The number of hydrogen-bond acceptors (Lipinski definition) is 2. The number of rotatable bonds is 4. The molecule has 134 valence electrons. The van der Waals surface area contributed by atoms with Crippen molar-refractivity contribution in [2.75, 3.05) is 0 Å². The number of benzene rings is 2. The molecule has 0 spiro atoms. The molecule has 0 bridgehead atoms. The highest BCUT2D eigenvalue weighted by molar-refractivity contribution is 6.30. The third kappa shape index (κ3) is 4.08. The van der Waals surface area contributed by atoms with Crippen LogP contribution in [-0.2, 0) is 12.7 Å². The van der Waals surface area contributed by atoms with Crippen LogP contribution < -0.4 is 5.32 Å². The van der Waals surface area contributed by atoms with Gasteiger partial charge in [-0.1, -0.05) is 23.7 Å². The molecule has 0 radical (unpaired) electrons. The summed E-state index contributed by atoms with van der Waals surface area (Å²) in [6, 6.07) is 15.0. The van der Waals surface area contributed by atoms with Crippen LogP contribution in [0.2, 0.25) is 5.02 Å². The molecule has 1 aromatic heterocycles. The number of carbonyl (C=O) groups is 1. The van der Waals surface area contributed by atoms with Crippen LogP contribution in [0.1, 0.15) is 21.7 Å². The highest BCUT2D eigenvalue weighted by atomic mass is 35.5. The van der Waals surface area contributed by atoms with Crippen molar-refractivity contribution in [3.8, 4) is 11.3 Å². The zero-order valence-corrected chi connectivity index (χ0v) is 14.1. The normalized spacial score (nSPS) is 11.4. The highest BCUT2D eigenvalue weighted by Gasteiger charge is 2.34. The van der Waals surface area contributed by atoms with Crippen molar-refractivity contribution in [3.05, 3.63) is 82.6 Å². The topological polar surface area (TPSA) is 42.2 Å². The van der Waals surface area contributed by atoms with Gasteiger partial charge in [0.15, 0.2) is 0 Å². The Kier molecular flexibility index (Phi) is 5.04. The number of alkyl halides is 3. The van der Waals surface area contributed by atoms with E-state index < -0.39 is 23.2 Å². The van der Waals surface area contributed by atoms with E-state index in [1.807, 2.05) is 0 Å². The minimum atomic E-state index is -4.60. The smallest absolute Gasteiger partial charge is 0.417 e. The van der Waals surface area contributed by atoms with Crippen LogP contribution in [0, 0.1) is 0 Å². The van der Waals surface area contributed by atoms with E-state index >= 15 is 0 Å². The minimum Gasteiger partial charge on any atom is -0.459 e. The lowest BCUT2D eigenvalue weighted by Gasteiger charge is -2.12. The summed E-state index contributed by atoms with van der Waals surface area (Å²) in [6.45, 7) is -0.0292. The summed E-state index contributed by atoms with van der Waals surface area (Å²) in [5.74, 6) is 0.178. The molecule has 1 heterocycles. The Morgan fingerprint density at radius 2 is 1.69 bits per heavy atom. The summed E-state index contributed by atoms with van der Waals surface area (Å²) in [7, 11) is 0. The van der Waals surface area contributed by atoms with E-state index in [2.05, 4.69) is 5.32 Å². The van der Waals surface area contributed by atoms with E-state index in [1.54, 1.807) is 36.4 Å². The molecule has 0 aliphatic rings. The Hall–Kier alpha value is -2.73. The van der Waals surface area contributed by atoms with Gasteiger partial charge >= 0.3 is 6.18 Å². The number of nitrogens with one attached hydrogen (secondary N) is 1. The van der Waals surface area contributed by atoms with Crippen molar-refractivity contribution in [2.24, 2.45) is 0 Å². The Balaban J connectivity index is 1.70. The molecule has 3 rings (SSSR count). The maximum atomic E-state index is 13.0. The van der Waals surface area contributed by atoms with Crippen LogP contribution in [0.25, 0.3) is 11.3 Å². The van der Waals surface area contributed by atoms with Gasteiger partial charge in [0.05, 0.1) is 17.7 Å². The molecule has 1 N–H and O–H groups in total. The molecule has 0 unspecified atom stereocenters. The molecule has 0 atom stereocenters. The van der Waals surface area contributed by atoms with Crippen molar-refractivity contribution >= 4 is 17.5 Å². The second-order valence-corrected chi connectivity index (χ2v) is 5.94. The van der Waals surface area contributed by atoms with Gasteiger partial charge in [0.2, 0.25) is 0 Å². The second-order valence-electron chi connectivity index (χ2n) is 5.50. The Bertz CT molecular complexity index is 917. The summed E-state index contributed by atoms with van der Waals surface area (Å²) >= 11 is 5.83. The van der Waals surface area contributed by atoms with E-state index in [1.165, 1.54) is 12.1 Å². The van der Waals surface area contributed by atoms with E-state index in [9.17, 15) is 18.0 Å². The first kappa shape index (κ1) is 18.1. The van der Waals surface area contributed by atoms with Crippen molar-refractivity contribution in [2.45, 2.75) is 12.7 Å². The first-order valence-electron chi connectivity index (χ1n) is 7.63. The summed E-state index contributed by atoms with van der Waals surface area (Å²) < 4.78 is 44.6. The van der Waals surface area contributed by atoms with Gasteiger partial charge in [-0.15, -0.1) is 0 Å². The Morgan fingerprint density at radius 1 is 1.00 bits per heavy atom. The molecular formula is C19H13ClF3NO2. The highest BCUT2D eigenvalue weighted by Crippen LogP contribution is 2.31. The Morgan fingerprint density at radius 3 is 2.38 bits per heavy atom. The number of amides is 1. The van der Waals surface area contributed by atoms with Crippen LogP contribution in [0.4, 0.5) is 13.2 Å². The predicted octanol–water partition coefficient (Wildman–Crippen LogP) is 5.55. The molecule has 0 aliphatic carbocycles. The lowest BCUT2D eigenvalue weighted by molar-refractivity contribution is -0.137. The van der Waals surface area contributed by atoms with E-state index in [-0.39, 0.29) is 6.54 Å². The number of furan rings is 1. The van der Waals surface area contributed by atoms with Gasteiger partial charge in [-0.3, -0.25) is 4.79 Å². The molecule has 0 saturated carbocycles. The molecule has 0 fully saturated rings. The van der Waals surface area contributed by atoms with Gasteiger partial charge < -0.3 is 9.73 Å². The first-order valence-corrected chi connectivity index (χ1v) is 8.01. The fourth-order valence-corrected chi connectivity index (χ4v) is 2.56. The monoisotopic (exact) mass is 379 g/mol. The molecule has 0 aliphatic heterocycles. The van der Waals surface area contributed by atoms with E-state index in [0.29, 0.717) is 16.5 Å². The average Bonchev–Trinajstić information content (AvgIpc) is 3.08. The summed E-state index contributed by atoms with van der Waals surface area (Å²) in [5, 5.41) is 3.04. The first-order chi connectivity index (χ1) is 12.3. The summed E-state index contributed by atoms with van der Waals surface area (Å²) in [5.41, 5.74) is -0.599. The largest absolute Gasteiger partial charge is 0.459 e. The third-order valence-corrected chi connectivity index (χ3v) is 3.94. The van der Waals surface area contributed by atoms with Crippen LogP contribution in [0.3, 0.4) is 0 Å². The van der Waals surface area contributed by atoms with Gasteiger partial charge in [-0.25, -0.2) is 0 Å². The van der Waals surface area contributed by atoms with Gasteiger partial charge in [-0.2, -0.15) is 13.2 Å². The molecule has 0 saturated heterocycles. The van der Waals surface area contributed by atoms with Gasteiger partial charge in [0, 0.05) is 10.6 Å². The lowest BCUT2D eigenvalue weighted by atomic mass is 10.1. The molecule has 2 aromatic carbocycles. The van der Waals surface area contributed by atoms with Crippen LogP contribution in [0.5, 0.6) is 0 Å². The number of hydrogen-bond donors (Lipinski definition) is 1. The van der Waals surface area contributed by atoms with Gasteiger partial charge in [0.25, 0.3) is 5.91 Å². The van der Waals surface area contributed by atoms with E-state index in [0.717, 1.165) is 17.7 Å². The van der Waals surface area contributed by atoms with Crippen molar-refractivity contribution < 1.29 is 22.4 Å². The number of carbonyl (C=O) groups excluding carboxylic acids is 1. The maximum Gasteiger partial charge on any atom is 0.417 e. The fourth-order valence-electron chi connectivity index (χ4n) is 2.43. The summed E-state index contributed by atoms with van der Waals surface area (Å²) in [6.07, 6.45) is -4.60. The van der Waals surface area contributed by atoms with Crippen LogP contribution in [-0.4, -0.2) is 5.91 Å². The molecule has 3 nitrogen and oxygen atoms in total. The number of halogens is 4. The lowest BCUT2D eigenvalue weighted by Crippen LogP contribution is -2.25. The molecule has 1 amide bonds. The fraction of sp³-hybridized carbons (Fsp3) is 0.105. The van der Waals surface area contributed by atoms with Crippen LogP contribution >= 0.6 is 11.6 Å². The minimum absolute atomic E-state index is 0.0292. The average molecular weight is 380 g/mol. The molecule has 26 heavy (non-hydrogen) atoms. The van der Waals surface area contributed by atoms with Gasteiger partial charge in [0.1, 0.15) is 11.5 Å². The second kappa shape index (κ2) is 7.25. The zero-order valence-electron chi connectivity index (χ0n) is 13.3. The third-order valence-electron chi connectivity index (χ3n) is 3.69. The van der Waals surface area contributed by atoms with Crippen molar-refractivity contribution in [1.82, 2.24) is 5.32 Å². The molecular weight excluding hydrogens is 367 g/mol. The maximum absolute atomic E-state index is 13.0. The molecule has 3 aromatic rings. The van der Waals surface area contributed by atoms with Crippen molar-refractivity contribution in [1.29, 1.82) is 0 Å². The zero-order chi connectivity index (χ0) is 18.7. The van der Waals surface area contributed by atoms with Crippen molar-refractivity contribution in [3.63, 3.8) is 0 Å². The molecule has 7 heteroatoms. The predicted molar refractivity (Wildman–Crippen MR) is 91.8 cm³/mol.